The second kappa shape index (κ2) is 12.3. The first-order chi connectivity index (χ1) is 11.5. The maximum absolute atomic E-state index is 2.86. The summed E-state index contributed by atoms with van der Waals surface area (Å²) in [4.78, 5) is 5.29. The molecule has 0 bridgehead atoms. The van der Waals surface area contributed by atoms with E-state index in [1.807, 2.05) is 0 Å². The summed E-state index contributed by atoms with van der Waals surface area (Å²) in [5.41, 5.74) is 0.456. The highest BCUT2D eigenvalue weighted by Crippen LogP contribution is 2.32. The molecule has 144 valence electrons. The molecular formula is C22H46N2. The second-order valence-corrected chi connectivity index (χ2v) is 8.65. The van der Waals surface area contributed by atoms with E-state index in [4.69, 9.17) is 0 Å². The highest BCUT2D eigenvalue weighted by atomic mass is 15.2. The molecule has 0 aliphatic carbocycles. The van der Waals surface area contributed by atoms with E-state index in [0.717, 1.165) is 6.04 Å². The minimum Gasteiger partial charge on any atom is -0.306 e. The van der Waals surface area contributed by atoms with Gasteiger partial charge >= 0.3 is 0 Å². The maximum atomic E-state index is 2.86. The molecule has 24 heavy (non-hydrogen) atoms. The van der Waals surface area contributed by atoms with Gasteiger partial charge in [0.2, 0.25) is 0 Å². The Morgan fingerprint density at radius 1 is 0.792 bits per heavy atom. The summed E-state index contributed by atoms with van der Waals surface area (Å²) in [5.74, 6) is 0. The van der Waals surface area contributed by atoms with Crippen molar-refractivity contribution in [3.63, 3.8) is 0 Å². The summed E-state index contributed by atoms with van der Waals surface area (Å²) in [6.07, 6.45) is 18.2. The predicted molar refractivity (Wildman–Crippen MR) is 109 cm³/mol. The fourth-order valence-electron chi connectivity index (χ4n) is 4.41. The van der Waals surface area contributed by atoms with Crippen LogP contribution >= 0.6 is 0 Å². The molecule has 1 rings (SSSR count). The lowest BCUT2D eigenvalue weighted by Crippen LogP contribution is -2.52. The van der Waals surface area contributed by atoms with E-state index in [-0.39, 0.29) is 0 Å². The molecule has 0 aromatic carbocycles. The van der Waals surface area contributed by atoms with Gasteiger partial charge in [0, 0.05) is 24.7 Å². The SMILES string of the molecule is CCCCCCCC(C)(CCCCCC)N1CCC(N(C)C)CC1. The fourth-order valence-corrected chi connectivity index (χ4v) is 4.41. The number of piperidine rings is 1. The Kier molecular flexibility index (Phi) is 11.3. The summed E-state index contributed by atoms with van der Waals surface area (Å²) >= 11 is 0. The van der Waals surface area contributed by atoms with Crippen LogP contribution in [-0.4, -0.2) is 48.6 Å². The van der Waals surface area contributed by atoms with Crippen LogP contribution in [0.1, 0.15) is 104 Å². The number of likely N-dealkylation sites (tertiary alicyclic amines) is 1. The lowest BCUT2D eigenvalue weighted by atomic mass is 9.84. The fraction of sp³-hybridized carbons (Fsp3) is 1.00. The van der Waals surface area contributed by atoms with E-state index < -0.39 is 0 Å². The van der Waals surface area contributed by atoms with E-state index in [1.54, 1.807) is 0 Å². The quantitative estimate of drug-likeness (QED) is 0.374. The molecule has 1 heterocycles. The Bertz CT molecular complexity index is 294. The minimum atomic E-state index is 0.456. The number of unbranched alkanes of at least 4 members (excludes halogenated alkanes) is 7. The van der Waals surface area contributed by atoms with Crippen molar-refractivity contribution in [3.8, 4) is 0 Å². The van der Waals surface area contributed by atoms with E-state index in [9.17, 15) is 0 Å². The van der Waals surface area contributed by atoms with Gasteiger partial charge in [-0.3, -0.25) is 4.90 Å². The van der Waals surface area contributed by atoms with E-state index in [0.29, 0.717) is 5.54 Å². The molecule has 0 aromatic rings. The van der Waals surface area contributed by atoms with Gasteiger partial charge in [0.1, 0.15) is 0 Å². The van der Waals surface area contributed by atoms with E-state index in [2.05, 4.69) is 44.7 Å². The molecule has 1 aliphatic heterocycles. The van der Waals surface area contributed by atoms with Crippen molar-refractivity contribution in [2.75, 3.05) is 27.2 Å². The Morgan fingerprint density at radius 3 is 1.71 bits per heavy atom. The second-order valence-electron chi connectivity index (χ2n) is 8.65. The lowest BCUT2D eigenvalue weighted by molar-refractivity contribution is 0.0362. The van der Waals surface area contributed by atoms with Crippen molar-refractivity contribution in [1.82, 2.24) is 9.80 Å². The first kappa shape index (κ1) is 22.0. The van der Waals surface area contributed by atoms with E-state index in [1.165, 1.54) is 96.6 Å². The van der Waals surface area contributed by atoms with Crippen LogP contribution in [0.5, 0.6) is 0 Å². The van der Waals surface area contributed by atoms with Gasteiger partial charge in [-0.15, -0.1) is 0 Å². The highest BCUT2D eigenvalue weighted by molar-refractivity contribution is 4.90. The third kappa shape index (κ3) is 7.87. The predicted octanol–water partition coefficient (Wildman–Crippen LogP) is 6.10. The molecule has 0 N–H and O–H groups in total. The molecule has 1 saturated heterocycles. The molecule has 1 aliphatic rings. The highest BCUT2D eigenvalue weighted by Gasteiger charge is 2.33. The molecule has 0 amide bonds. The van der Waals surface area contributed by atoms with Crippen molar-refractivity contribution in [3.05, 3.63) is 0 Å². The van der Waals surface area contributed by atoms with Gasteiger partial charge in [0.15, 0.2) is 0 Å². The molecule has 0 radical (unpaired) electrons. The molecule has 1 fully saturated rings. The molecule has 2 nitrogen and oxygen atoms in total. The summed E-state index contributed by atoms with van der Waals surface area (Å²) in [6, 6.07) is 0.801. The maximum Gasteiger partial charge on any atom is 0.0181 e. The van der Waals surface area contributed by atoms with Gasteiger partial charge in [0.05, 0.1) is 0 Å². The topological polar surface area (TPSA) is 6.48 Å². The van der Waals surface area contributed by atoms with Gasteiger partial charge in [-0.25, -0.2) is 0 Å². The summed E-state index contributed by atoms with van der Waals surface area (Å²) in [6.45, 7) is 9.82. The minimum absolute atomic E-state index is 0.456. The number of rotatable bonds is 13. The van der Waals surface area contributed by atoms with Crippen molar-refractivity contribution < 1.29 is 0 Å². The van der Waals surface area contributed by atoms with Crippen molar-refractivity contribution in [2.45, 2.75) is 116 Å². The Hall–Kier alpha value is -0.0800. The average Bonchev–Trinajstić information content (AvgIpc) is 2.59. The van der Waals surface area contributed by atoms with Crippen LogP contribution in [0.2, 0.25) is 0 Å². The number of nitrogens with zero attached hydrogens (tertiary/aromatic N) is 2. The zero-order valence-corrected chi connectivity index (χ0v) is 17.6. The Morgan fingerprint density at radius 2 is 1.25 bits per heavy atom. The average molecular weight is 339 g/mol. The van der Waals surface area contributed by atoms with Crippen molar-refractivity contribution in [2.24, 2.45) is 0 Å². The summed E-state index contributed by atoms with van der Waals surface area (Å²) in [7, 11) is 4.50. The van der Waals surface area contributed by atoms with Gasteiger partial charge < -0.3 is 4.90 Å². The molecule has 0 aromatic heterocycles. The first-order valence-corrected chi connectivity index (χ1v) is 10.9. The molecule has 1 atom stereocenters. The first-order valence-electron chi connectivity index (χ1n) is 10.9. The van der Waals surface area contributed by atoms with Gasteiger partial charge in [0.25, 0.3) is 0 Å². The van der Waals surface area contributed by atoms with E-state index >= 15 is 0 Å². The monoisotopic (exact) mass is 338 g/mol. The van der Waals surface area contributed by atoms with Gasteiger partial charge in [-0.2, -0.15) is 0 Å². The van der Waals surface area contributed by atoms with Crippen LogP contribution in [0.25, 0.3) is 0 Å². The largest absolute Gasteiger partial charge is 0.306 e. The third-order valence-corrected chi connectivity index (χ3v) is 6.35. The smallest absolute Gasteiger partial charge is 0.0181 e. The summed E-state index contributed by atoms with van der Waals surface area (Å²) in [5, 5.41) is 0. The Labute approximate surface area is 153 Å². The zero-order valence-electron chi connectivity index (χ0n) is 17.6. The van der Waals surface area contributed by atoms with Gasteiger partial charge in [-0.1, -0.05) is 71.6 Å². The number of hydrogen-bond acceptors (Lipinski definition) is 2. The van der Waals surface area contributed by atoms with Crippen molar-refractivity contribution in [1.29, 1.82) is 0 Å². The van der Waals surface area contributed by atoms with Crippen LogP contribution in [0.15, 0.2) is 0 Å². The molecule has 0 spiro atoms. The van der Waals surface area contributed by atoms with Crippen molar-refractivity contribution >= 4 is 0 Å². The zero-order chi connectivity index (χ0) is 17.8. The standard InChI is InChI=1S/C22H46N2/c1-6-8-10-12-14-18-22(3,17-13-11-9-7-2)24-19-15-21(16-20-24)23(4)5/h21H,6-20H2,1-5H3. The van der Waals surface area contributed by atoms with Crippen LogP contribution in [0.4, 0.5) is 0 Å². The van der Waals surface area contributed by atoms with Gasteiger partial charge in [-0.05, 0) is 46.7 Å². The number of hydrogen-bond donors (Lipinski definition) is 0. The van der Waals surface area contributed by atoms with Crippen LogP contribution in [-0.2, 0) is 0 Å². The molecule has 1 unspecified atom stereocenters. The Balaban J connectivity index is 2.49. The lowest BCUT2D eigenvalue weighted by Gasteiger charge is -2.46. The normalized spacial score (nSPS) is 19.8. The van der Waals surface area contributed by atoms with Crippen LogP contribution in [0, 0.1) is 0 Å². The van der Waals surface area contributed by atoms with Crippen LogP contribution in [0.3, 0.4) is 0 Å². The molecule has 2 heteroatoms. The molecular weight excluding hydrogens is 292 g/mol. The third-order valence-electron chi connectivity index (χ3n) is 6.35. The molecule has 0 saturated carbocycles. The summed E-state index contributed by atoms with van der Waals surface area (Å²) < 4.78 is 0. The van der Waals surface area contributed by atoms with Crippen LogP contribution < -0.4 is 0 Å².